The van der Waals surface area contributed by atoms with Gasteiger partial charge in [-0.25, -0.2) is 29.1 Å². The third kappa shape index (κ3) is 7.04. The number of halogens is 1. The lowest BCUT2D eigenvalue weighted by Crippen LogP contribution is -2.50. The van der Waals surface area contributed by atoms with E-state index in [1.165, 1.54) is 30.9 Å². The molecule has 12 heteroatoms. The van der Waals surface area contributed by atoms with Gasteiger partial charge in [-0.05, 0) is 58.6 Å². The predicted molar refractivity (Wildman–Crippen MR) is 153 cm³/mol. The molecule has 5 rings (SSSR count). The number of ether oxygens (including phenoxy) is 1. The average molecular weight is 578 g/mol. The molecule has 2 aromatic heterocycles. The minimum absolute atomic E-state index is 0. The zero-order valence-corrected chi connectivity index (χ0v) is 23.9. The maximum absolute atomic E-state index is 14.9. The summed E-state index contributed by atoms with van der Waals surface area (Å²) in [6.45, 7) is 6.73. The summed E-state index contributed by atoms with van der Waals surface area (Å²) >= 11 is 0. The van der Waals surface area contributed by atoms with Crippen LogP contribution in [0.15, 0.2) is 49.3 Å². The Labute approximate surface area is 245 Å². The number of rotatable bonds is 7. The fourth-order valence-corrected chi connectivity index (χ4v) is 4.91. The number of carbonyl (C=O) groups excluding carboxylic acids is 3. The van der Waals surface area contributed by atoms with Crippen molar-refractivity contribution in [3.8, 4) is 11.4 Å². The van der Waals surface area contributed by atoms with Gasteiger partial charge in [-0.1, -0.05) is 6.07 Å². The molecule has 2 aliphatic rings. The summed E-state index contributed by atoms with van der Waals surface area (Å²) in [6.07, 6.45) is 10.3. The van der Waals surface area contributed by atoms with Gasteiger partial charge in [0.05, 0.1) is 11.1 Å². The summed E-state index contributed by atoms with van der Waals surface area (Å²) in [6, 6.07) is 4.31. The number of carbonyl (C=O) groups is 3. The van der Waals surface area contributed by atoms with Gasteiger partial charge in [0.2, 0.25) is 0 Å². The topological polar surface area (TPSA) is 131 Å². The van der Waals surface area contributed by atoms with Gasteiger partial charge >= 0.3 is 6.09 Å². The van der Waals surface area contributed by atoms with Crippen molar-refractivity contribution in [1.82, 2.24) is 35.1 Å². The Morgan fingerprint density at radius 3 is 2.26 bits per heavy atom. The lowest BCUT2D eigenvalue weighted by Gasteiger charge is -2.39. The number of aromatic nitrogens is 4. The Morgan fingerprint density at radius 1 is 1.02 bits per heavy atom. The van der Waals surface area contributed by atoms with Gasteiger partial charge in [-0.3, -0.25) is 9.59 Å². The highest BCUT2D eigenvalue weighted by atomic mass is 19.1. The van der Waals surface area contributed by atoms with Crippen LogP contribution in [0.1, 0.15) is 74.2 Å². The van der Waals surface area contributed by atoms with E-state index in [2.05, 4.69) is 25.3 Å². The van der Waals surface area contributed by atoms with E-state index >= 15 is 0 Å². The van der Waals surface area contributed by atoms with Gasteiger partial charge in [-0.15, -0.1) is 0 Å². The number of benzene rings is 1. The first-order valence-corrected chi connectivity index (χ1v) is 14.0. The molecular weight excluding hydrogens is 541 g/mol. The Bertz CT molecular complexity index is 1440. The molecule has 1 N–H and O–H groups in total. The van der Waals surface area contributed by atoms with Gasteiger partial charge < -0.3 is 19.9 Å². The Hall–Kier alpha value is -4.48. The van der Waals surface area contributed by atoms with Crippen molar-refractivity contribution in [1.29, 1.82) is 0 Å². The van der Waals surface area contributed by atoms with Crippen LogP contribution in [0.4, 0.5) is 9.18 Å². The Morgan fingerprint density at radius 2 is 1.67 bits per heavy atom. The van der Waals surface area contributed by atoms with E-state index in [1.807, 2.05) is 25.7 Å². The highest BCUT2D eigenvalue weighted by Crippen LogP contribution is 2.33. The molecule has 1 aliphatic heterocycles. The lowest BCUT2D eigenvalue weighted by atomic mass is 10.0. The average Bonchev–Trinajstić information content (AvgIpc) is 3.81. The van der Waals surface area contributed by atoms with Crippen molar-refractivity contribution in [2.75, 3.05) is 13.1 Å². The molecule has 11 nitrogen and oxygen atoms in total. The second kappa shape index (κ2) is 12.2. The van der Waals surface area contributed by atoms with Gasteiger partial charge in [-0.2, -0.15) is 0 Å². The molecule has 222 valence electrons. The molecular formula is C30H36FN7O4. The maximum atomic E-state index is 14.9. The second-order valence-corrected chi connectivity index (χ2v) is 11.6. The van der Waals surface area contributed by atoms with Crippen LogP contribution in [0.5, 0.6) is 0 Å². The number of hydrogen-bond donors (Lipinski definition) is 1. The van der Waals surface area contributed by atoms with Crippen molar-refractivity contribution in [2.24, 2.45) is 0 Å². The smallest absolute Gasteiger partial charge is 0.410 e. The number of nitrogens with one attached hydrogen (secondary N) is 1. The lowest BCUT2D eigenvalue weighted by molar-refractivity contribution is 0.0142. The molecule has 3 amide bonds. The third-order valence-corrected chi connectivity index (χ3v) is 7.12. The van der Waals surface area contributed by atoms with Gasteiger partial charge in [0.1, 0.15) is 17.7 Å². The number of amides is 3. The Kier molecular flexibility index (Phi) is 8.41. The van der Waals surface area contributed by atoms with Crippen LogP contribution in [0.2, 0.25) is 0 Å². The highest BCUT2D eigenvalue weighted by Gasteiger charge is 2.40. The third-order valence-electron chi connectivity index (χ3n) is 7.12. The van der Waals surface area contributed by atoms with E-state index in [9.17, 15) is 18.8 Å². The summed E-state index contributed by atoms with van der Waals surface area (Å²) in [7, 11) is 0. The van der Waals surface area contributed by atoms with E-state index in [0.717, 1.165) is 12.8 Å². The molecule has 0 atom stereocenters. The van der Waals surface area contributed by atoms with Crippen LogP contribution in [0.25, 0.3) is 11.4 Å². The summed E-state index contributed by atoms with van der Waals surface area (Å²) < 4.78 is 20.3. The normalized spacial score (nSPS) is 15.7. The van der Waals surface area contributed by atoms with E-state index in [0.29, 0.717) is 42.6 Å². The van der Waals surface area contributed by atoms with Gasteiger partial charge in [0, 0.05) is 69.1 Å². The minimum atomic E-state index is -0.712. The van der Waals surface area contributed by atoms with Crippen LogP contribution < -0.4 is 5.32 Å². The van der Waals surface area contributed by atoms with E-state index < -0.39 is 17.3 Å². The highest BCUT2D eigenvalue weighted by molar-refractivity contribution is 5.95. The molecule has 3 heterocycles. The Balaban J connectivity index is 0.00000423. The number of hydrogen-bond acceptors (Lipinski definition) is 8. The molecule has 0 radical (unpaired) electrons. The fourth-order valence-electron chi connectivity index (χ4n) is 4.91. The second-order valence-electron chi connectivity index (χ2n) is 11.6. The molecule has 3 aromatic rings. The largest absolute Gasteiger partial charge is 0.444 e. The van der Waals surface area contributed by atoms with Crippen molar-refractivity contribution in [3.63, 3.8) is 0 Å². The standard InChI is InChI=1S/C30H34FN7O4.H2/c1-30(2,3)42-29(41)37-10-8-23(9-11-37)38(22-5-6-22)28(40)21-16-34-26(35-17-21)20-4-7-24(25(31)12-20)27(39)36-15-19-13-32-18-33-14-19;/h4,7,12-14,16-18,22-23H,5-6,8-11,15H2,1-3H3,(H,36,39);1H. The summed E-state index contributed by atoms with van der Waals surface area (Å²) in [4.78, 5) is 58.5. The fraction of sp³-hybridized carbons (Fsp3) is 0.433. The van der Waals surface area contributed by atoms with Crippen molar-refractivity contribution < 1.29 is 24.9 Å². The zero-order valence-electron chi connectivity index (χ0n) is 23.9. The number of nitrogens with zero attached hydrogens (tertiary/aromatic N) is 6. The summed E-state index contributed by atoms with van der Waals surface area (Å²) in [5.74, 6) is -1.19. The van der Waals surface area contributed by atoms with Crippen LogP contribution in [-0.2, 0) is 11.3 Å². The molecule has 0 unspecified atom stereocenters. The first-order chi connectivity index (χ1) is 20.1. The maximum Gasteiger partial charge on any atom is 0.410 e. The SMILES string of the molecule is CC(C)(C)OC(=O)N1CCC(N(C(=O)c2cnc(-c3ccc(C(=O)NCc4cncnc4)c(F)c3)nc2)C2CC2)CC1.[HH]. The molecule has 1 saturated carbocycles. The molecule has 1 aromatic carbocycles. The van der Waals surface area contributed by atoms with Crippen LogP contribution in [-0.4, -0.2) is 78.4 Å². The predicted octanol–water partition coefficient (Wildman–Crippen LogP) is 4.25. The minimum Gasteiger partial charge on any atom is -0.444 e. The van der Waals surface area contributed by atoms with Crippen molar-refractivity contribution >= 4 is 17.9 Å². The first-order valence-electron chi connectivity index (χ1n) is 14.0. The molecule has 0 bridgehead atoms. The van der Waals surface area contributed by atoms with Crippen LogP contribution >= 0.6 is 0 Å². The zero-order chi connectivity index (χ0) is 29.9. The van der Waals surface area contributed by atoms with E-state index in [4.69, 9.17) is 4.74 Å². The number of piperidine rings is 1. The van der Waals surface area contributed by atoms with E-state index in [1.54, 1.807) is 23.4 Å². The van der Waals surface area contributed by atoms with Crippen LogP contribution in [0.3, 0.4) is 0 Å². The number of likely N-dealkylation sites (tertiary alicyclic amines) is 1. The van der Waals surface area contributed by atoms with Crippen molar-refractivity contribution in [3.05, 3.63) is 71.8 Å². The van der Waals surface area contributed by atoms with E-state index in [-0.39, 0.29) is 43.4 Å². The van der Waals surface area contributed by atoms with Crippen molar-refractivity contribution in [2.45, 2.75) is 70.7 Å². The van der Waals surface area contributed by atoms with Gasteiger partial charge in [0.15, 0.2) is 5.82 Å². The monoisotopic (exact) mass is 577 g/mol. The summed E-state index contributed by atoms with van der Waals surface area (Å²) in [5.41, 5.74) is 0.754. The molecule has 42 heavy (non-hydrogen) atoms. The molecule has 1 saturated heterocycles. The van der Waals surface area contributed by atoms with Crippen LogP contribution in [0, 0.1) is 5.82 Å². The summed E-state index contributed by atoms with van der Waals surface area (Å²) in [5, 5.41) is 2.65. The molecule has 1 aliphatic carbocycles. The molecule has 2 fully saturated rings. The quantitative estimate of drug-likeness (QED) is 0.441. The first kappa shape index (κ1) is 29.0. The van der Waals surface area contributed by atoms with Gasteiger partial charge in [0.25, 0.3) is 11.8 Å². The molecule has 0 spiro atoms.